The molecule has 0 fully saturated rings. The van der Waals surface area contributed by atoms with Crippen LogP contribution in [0.1, 0.15) is 25.0 Å². The van der Waals surface area contributed by atoms with Crippen LogP contribution in [-0.4, -0.2) is 0 Å². The number of hydrogen-bond donors (Lipinski definition) is 0. The molecule has 0 spiro atoms. The number of benzene rings is 11. The monoisotopic (exact) mass is 748 g/mol. The summed E-state index contributed by atoms with van der Waals surface area (Å²) in [7, 11) is 0. The van der Waals surface area contributed by atoms with Gasteiger partial charge in [-0.2, -0.15) is 0 Å². The molecule has 0 N–H and O–H groups in total. The molecule has 0 radical (unpaired) electrons. The first-order valence-electron chi connectivity index (χ1n) is 20.7. The Morgan fingerprint density at radius 2 is 0.746 bits per heavy atom. The second kappa shape index (κ2) is 12.9. The van der Waals surface area contributed by atoms with Gasteiger partial charge in [-0.05, 0) is 145 Å². The summed E-state index contributed by atoms with van der Waals surface area (Å²) < 4.78 is 0. The van der Waals surface area contributed by atoms with Crippen molar-refractivity contribution in [1.29, 1.82) is 0 Å². The maximum Gasteiger partial charge on any atom is 0.0165 e. The zero-order valence-electron chi connectivity index (χ0n) is 33.1. The van der Waals surface area contributed by atoms with Gasteiger partial charge in [0, 0.05) is 5.41 Å². The van der Waals surface area contributed by atoms with Crippen molar-refractivity contribution < 1.29 is 0 Å². The molecule has 0 atom stereocenters. The van der Waals surface area contributed by atoms with Crippen LogP contribution in [0.25, 0.3) is 109 Å². The number of fused-ring (bicyclic) bond motifs is 9. The molecule has 0 heterocycles. The first-order chi connectivity index (χ1) is 29.0. The third kappa shape index (κ3) is 5.16. The molecular formula is C59H40. The van der Waals surface area contributed by atoms with Gasteiger partial charge in [0.05, 0.1) is 0 Å². The maximum absolute atomic E-state index is 2.40. The van der Waals surface area contributed by atoms with Crippen LogP contribution in [0.4, 0.5) is 0 Å². The maximum atomic E-state index is 2.40. The third-order valence-corrected chi connectivity index (χ3v) is 13.2. The highest BCUT2D eigenvalue weighted by atomic mass is 14.4. The SMILES string of the molecule is CC1(C)c2ccc3ccccc3c2-c2cccc(-c3ccc4cc(-c5c6ccccc6c(-c6ccc7ccc(-c8ccccc8)cc7c6)c6ccccc56)ccc4c3)c21. The van der Waals surface area contributed by atoms with E-state index in [-0.39, 0.29) is 5.41 Å². The highest BCUT2D eigenvalue weighted by molar-refractivity contribution is 6.22. The lowest BCUT2D eigenvalue weighted by Gasteiger charge is -2.24. The van der Waals surface area contributed by atoms with Crippen molar-refractivity contribution in [2.24, 2.45) is 0 Å². The van der Waals surface area contributed by atoms with E-state index < -0.39 is 0 Å². The van der Waals surface area contributed by atoms with E-state index in [1.165, 1.54) is 121 Å². The fourth-order valence-corrected chi connectivity index (χ4v) is 10.4. The smallest absolute Gasteiger partial charge is 0.0165 e. The Morgan fingerprint density at radius 3 is 1.41 bits per heavy atom. The minimum absolute atomic E-state index is 0.115. The Morgan fingerprint density at radius 1 is 0.271 bits per heavy atom. The van der Waals surface area contributed by atoms with Gasteiger partial charge in [0.25, 0.3) is 0 Å². The van der Waals surface area contributed by atoms with Crippen LogP contribution in [-0.2, 0) is 5.41 Å². The van der Waals surface area contributed by atoms with Crippen molar-refractivity contribution >= 4 is 53.9 Å². The summed E-state index contributed by atoms with van der Waals surface area (Å²) in [4.78, 5) is 0. The normalized spacial score (nSPS) is 13.1. The van der Waals surface area contributed by atoms with Crippen LogP contribution in [0, 0.1) is 0 Å². The van der Waals surface area contributed by atoms with Crippen LogP contribution in [0.5, 0.6) is 0 Å². The van der Waals surface area contributed by atoms with E-state index in [1.54, 1.807) is 0 Å². The summed E-state index contributed by atoms with van der Waals surface area (Å²) >= 11 is 0. The first-order valence-corrected chi connectivity index (χ1v) is 20.7. The molecule has 0 unspecified atom stereocenters. The second-order valence-electron chi connectivity index (χ2n) is 16.8. The van der Waals surface area contributed by atoms with Crippen LogP contribution < -0.4 is 0 Å². The van der Waals surface area contributed by atoms with Crippen LogP contribution >= 0.6 is 0 Å². The van der Waals surface area contributed by atoms with E-state index in [0.29, 0.717) is 0 Å². The molecule has 12 rings (SSSR count). The summed E-state index contributed by atoms with van der Waals surface area (Å²) in [6, 6.07) is 76.9. The van der Waals surface area contributed by atoms with Gasteiger partial charge in [0.15, 0.2) is 0 Å². The van der Waals surface area contributed by atoms with E-state index in [9.17, 15) is 0 Å². The average Bonchev–Trinajstić information content (AvgIpc) is 3.54. The Bertz CT molecular complexity index is 3450. The lowest BCUT2D eigenvalue weighted by molar-refractivity contribution is 0.662. The van der Waals surface area contributed by atoms with Crippen molar-refractivity contribution in [2.75, 3.05) is 0 Å². The number of rotatable bonds is 4. The second-order valence-corrected chi connectivity index (χ2v) is 16.8. The summed E-state index contributed by atoms with van der Waals surface area (Å²) in [6.07, 6.45) is 0. The largest absolute Gasteiger partial charge is 0.0622 e. The summed E-state index contributed by atoms with van der Waals surface area (Å²) in [6.45, 7) is 4.79. The summed E-state index contributed by atoms with van der Waals surface area (Å²) in [5, 5.41) is 12.7. The molecule has 0 aromatic heterocycles. The molecule has 1 aliphatic rings. The molecule has 0 saturated carbocycles. The Labute approximate surface area is 344 Å². The van der Waals surface area contributed by atoms with E-state index in [4.69, 9.17) is 0 Å². The van der Waals surface area contributed by atoms with Crippen molar-refractivity contribution in [3.05, 3.63) is 217 Å². The fraction of sp³-hybridized carbons (Fsp3) is 0.0508. The predicted molar refractivity (Wildman–Crippen MR) is 253 cm³/mol. The van der Waals surface area contributed by atoms with E-state index in [1.807, 2.05) is 0 Å². The molecule has 59 heavy (non-hydrogen) atoms. The zero-order valence-corrected chi connectivity index (χ0v) is 33.1. The van der Waals surface area contributed by atoms with Gasteiger partial charge in [-0.15, -0.1) is 0 Å². The van der Waals surface area contributed by atoms with Gasteiger partial charge < -0.3 is 0 Å². The molecule has 0 heteroatoms. The lowest BCUT2D eigenvalue weighted by Crippen LogP contribution is -2.16. The van der Waals surface area contributed by atoms with Crippen LogP contribution in [0.2, 0.25) is 0 Å². The summed E-state index contributed by atoms with van der Waals surface area (Å²) in [5.41, 5.74) is 15.5. The third-order valence-electron chi connectivity index (χ3n) is 13.2. The summed E-state index contributed by atoms with van der Waals surface area (Å²) in [5.74, 6) is 0. The molecule has 0 amide bonds. The quantitative estimate of drug-likeness (QED) is 0.157. The lowest BCUT2D eigenvalue weighted by atomic mass is 9.78. The van der Waals surface area contributed by atoms with Crippen LogP contribution in [0.3, 0.4) is 0 Å². The molecular weight excluding hydrogens is 709 g/mol. The Kier molecular flexibility index (Phi) is 7.38. The Hall–Kier alpha value is -7.28. The molecule has 1 aliphatic carbocycles. The van der Waals surface area contributed by atoms with Gasteiger partial charge >= 0.3 is 0 Å². The standard InChI is InChI=1S/C59H40/c1-59(2)54-32-31-39-15-6-7-16-47(39)57(54)53-22-12-21-48(58(53)59)43-28-26-42-34-44(30-27-41(42)33-43)55-49-17-8-10-19-51(49)56(52-20-11-9-18-50(52)55)45-29-24-38-23-25-40(35-46(38)36-45)37-13-4-3-5-14-37/h3-36H,1-2H3. The van der Waals surface area contributed by atoms with Crippen molar-refractivity contribution in [2.45, 2.75) is 19.3 Å². The van der Waals surface area contributed by atoms with Crippen LogP contribution in [0.15, 0.2) is 206 Å². The number of hydrogen-bond acceptors (Lipinski definition) is 0. The molecule has 11 aromatic rings. The van der Waals surface area contributed by atoms with E-state index in [0.717, 1.165) is 0 Å². The minimum atomic E-state index is -0.115. The molecule has 0 saturated heterocycles. The molecule has 0 nitrogen and oxygen atoms in total. The topological polar surface area (TPSA) is 0 Å². The molecule has 0 aliphatic heterocycles. The van der Waals surface area contributed by atoms with Gasteiger partial charge in [-0.1, -0.05) is 196 Å². The fourth-order valence-electron chi connectivity index (χ4n) is 10.4. The zero-order chi connectivity index (χ0) is 39.2. The van der Waals surface area contributed by atoms with Gasteiger partial charge in [0.2, 0.25) is 0 Å². The minimum Gasteiger partial charge on any atom is -0.0622 e. The predicted octanol–water partition coefficient (Wildman–Crippen LogP) is 16.4. The van der Waals surface area contributed by atoms with E-state index in [2.05, 4.69) is 220 Å². The molecule has 11 aromatic carbocycles. The van der Waals surface area contributed by atoms with Crippen molar-refractivity contribution in [3.63, 3.8) is 0 Å². The highest BCUT2D eigenvalue weighted by Gasteiger charge is 2.38. The average molecular weight is 749 g/mol. The van der Waals surface area contributed by atoms with Crippen molar-refractivity contribution in [3.8, 4) is 55.6 Å². The van der Waals surface area contributed by atoms with Crippen molar-refractivity contribution in [1.82, 2.24) is 0 Å². The molecule has 0 bridgehead atoms. The van der Waals surface area contributed by atoms with Gasteiger partial charge in [0.1, 0.15) is 0 Å². The highest BCUT2D eigenvalue weighted by Crippen LogP contribution is 2.54. The van der Waals surface area contributed by atoms with E-state index >= 15 is 0 Å². The van der Waals surface area contributed by atoms with Gasteiger partial charge in [-0.3, -0.25) is 0 Å². The first kappa shape index (κ1) is 33.8. The Balaban J connectivity index is 0.991. The van der Waals surface area contributed by atoms with Gasteiger partial charge in [-0.25, -0.2) is 0 Å². The molecule has 276 valence electrons.